The van der Waals surface area contributed by atoms with Crippen LogP contribution in [0.15, 0.2) is 53.4 Å². The van der Waals surface area contributed by atoms with Crippen molar-refractivity contribution >= 4 is 33.2 Å². The Morgan fingerprint density at radius 1 is 1.11 bits per heavy atom. The molecule has 27 heavy (non-hydrogen) atoms. The number of sulfonamides is 1. The van der Waals surface area contributed by atoms with Crippen LogP contribution in [-0.2, 0) is 21.4 Å². The highest BCUT2D eigenvalue weighted by molar-refractivity contribution is 7.89. The van der Waals surface area contributed by atoms with Crippen LogP contribution in [0.25, 0.3) is 0 Å². The lowest BCUT2D eigenvalue weighted by molar-refractivity contribution is -0.117. The van der Waals surface area contributed by atoms with Crippen LogP contribution in [0.1, 0.15) is 12.5 Å². The summed E-state index contributed by atoms with van der Waals surface area (Å²) in [5, 5.41) is 3.42. The first-order valence-electron chi connectivity index (χ1n) is 8.51. The molecule has 0 aromatic heterocycles. The van der Waals surface area contributed by atoms with E-state index in [1.165, 1.54) is 26.2 Å². The van der Waals surface area contributed by atoms with Crippen LogP contribution in [0.5, 0.6) is 0 Å². The molecule has 1 amide bonds. The van der Waals surface area contributed by atoms with Crippen molar-refractivity contribution in [2.24, 2.45) is 0 Å². The monoisotopic (exact) mass is 409 g/mol. The van der Waals surface area contributed by atoms with E-state index in [1.54, 1.807) is 12.1 Å². The zero-order chi connectivity index (χ0) is 20.0. The summed E-state index contributed by atoms with van der Waals surface area (Å²) in [5.41, 5.74) is 1.47. The molecule has 0 atom stereocenters. The molecule has 6 nitrogen and oxygen atoms in total. The van der Waals surface area contributed by atoms with Gasteiger partial charge in [0.2, 0.25) is 15.9 Å². The van der Waals surface area contributed by atoms with E-state index in [2.05, 4.69) is 5.32 Å². The Morgan fingerprint density at radius 3 is 2.44 bits per heavy atom. The molecule has 0 saturated carbocycles. The van der Waals surface area contributed by atoms with Crippen molar-refractivity contribution < 1.29 is 13.2 Å². The third-order valence-corrected chi connectivity index (χ3v) is 6.05. The van der Waals surface area contributed by atoms with Gasteiger partial charge in [-0.15, -0.1) is 0 Å². The van der Waals surface area contributed by atoms with Gasteiger partial charge in [0.25, 0.3) is 0 Å². The Morgan fingerprint density at radius 2 is 1.81 bits per heavy atom. The number of carbonyl (C=O) groups is 1. The van der Waals surface area contributed by atoms with Crippen LogP contribution in [0.2, 0.25) is 5.02 Å². The smallest absolute Gasteiger partial charge is 0.242 e. The van der Waals surface area contributed by atoms with Crippen molar-refractivity contribution in [2.75, 3.05) is 32.5 Å². The predicted octanol–water partition coefficient (Wildman–Crippen LogP) is 3.05. The molecule has 1 N–H and O–H groups in total. The molecule has 0 aliphatic heterocycles. The number of anilines is 1. The number of carbonyl (C=O) groups excluding carboxylic acids is 1. The van der Waals surface area contributed by atoms with E-state index in [0.29, 0.717) is 23.8 Å². The third-order valence-electron chi connectivity index (χ3n) is 4.01. The molecular formula is C19H24ClN3O3S. The van der Waals surface area contributed by atoms with Crippen LogP contribution in [0, 0.1) is 0 Å². The zero-order valence-corrected chi connectivity index (χ0v) is 17.2. The molecule has 0 unspecified atom stereocenters. The summed E-state index contributed by atoms with van der Waals surface area (Å²) in [4.78, 5) is 14.5. The van der Waals surface area contributed by atoms with E-state index in [-0.39, 0.29) is 17.3 Å². The predicted molar refractivity (Wildman–Crippen MR) is 108 cm³/mol. The molecule has 0 fully saturated rings. The average molecular weight is 410 g/mol. The summed E-state index contributed by atoms with van der Waals surface area (Å²) >= 11 is 6.01. The Hall–Kier alpha value is -1.93. The SMILES string of the molecule is CCN(CC(=O)Nc1cccc(S(=O)(=O)N(C)C)c1)Cc1cccc(Cl)c1. The van der Waals surface area contributed by atoms with Crippen LogP contribution in [-0.4, -0.2) is 50.7 Å². The first-order chi connectivity index (χ1) is 12.7. The summed E-state index contributed by atoms with van der Waals surface area (Å²) in [6, 6.07) is 13.8. The van der Waals surface area contributed by atoms with E-state index < -0.39 is 10.0 Å². The number of likely N-dealkylation sites (N-methyl/N-ethyl adjacent to an activating group) is 1. The molecule has 0 bridgehead atoms. The summed E-state index contributed by atoms with van der Waals surface area (Å²) in [6.07, 6.45) is 0. The van der Waals surface area contributed by atoms with Crippen molar-refractivity contribution in [3.8, 4) is 0 Å². The van der Waals surface area contributed by atoms with E-state index in [9.17, 15) is 13.2 Å². The first kappa shape index (κ1) is 21.4. The fraction of sp³-hybridized carbons (Fsp3) is 0.316. The lowest BCUT2D eigenvalue weighted by Crippen LogP contribution is -2.32. The van der Waals surface area contributed by atoms with E-state index in [1.807, 2.05) is 36.1 Å². The van der Waals surface area contributed by atoms with Gasteiger partial charge in [0.05, 0.1) is 11.4 Å². The molecule has 8 heteroatoms. The molecule has 0 heterocycles. The van der Waals surface area contributed by atoms with Crippen molar-refractivity contribution in [3.63, 3.8) is 0 Å². The molecule has 2 aromatic rings. The second-order valence-electron chi connectivity index (χ2n) is 6.30. The Kier molecular flexibility index (Phi) is 7.38. The van der Waals surface area contributed by atoms with Gasteiger partial charge in [0.1, 0.15) is 0 Å². The fourth-order valence-corrected chi connectivity index (χ4v) is 3.68. The molecule has 0 aliphatic rings. The van der Waals surface area contributed by atoms with E-state index >= 15 is 0 Å². The second kappa shape index (κ2) is 9.32. The number of amides is 1. The summed E-state index contributed by atoms with van der Waals surface area (Å²) < 4.78 is 25.6. The largest absolute Gasteiger partial charge is 0.325 e. The normalized spacial score (nSPS) is 11.8. The van der Waals surface area contributed by atoms with Crippen molar-refractivity contribution in [2.45, 2.75) is 18.4 Å². The third kappa shape index (κ3) is 6.04. The van der Waals surface area contributed by atoms with E-state index in [4.69, 9.17) is 11.6 Å². The van der Waals surface area contributed by atoms with Crippen molar-refractivity contribution in [1.29, 1.82) is 0 Å². The highest BCUT2D eigenvalue weighted by Crippen LogP contribution is 2.18. The van der Waals surface area contributed by atoms with Gasteiger partial charge in [0.15, 0.2) is 0 Å². The van der Waals surface area contributed by atoms with Crippen LogP contribution in [0.4, 0.5) is 5.69 Å². The van der Waals surface area contributed by atoms with Crippen molar-refractivity contribution in [1.82, 2.24) is 9.21 Å². The number of halogens is 1. The van der Waals surface area contributed by atoms with Crippen LogP contribution >= 0.6 is 11.6 Å². The first-order valence-corrected chi connectivity index (χ1v) is 10.3. The van der Waals surface area contributed by atoms with Gasteiger partial charge < -0.3 is 5.32 Å². The number of nitrogens with zero attached hydrogens (tertiary/aromatic N) is 2. The average Bonchev–Trinajstić information content (AvgIpc) is 2.61. The van der Waals surface area contributed by atoms with Gasteiger partial charge in [-0.05, 0) is 42.4 Å². The molecule has 146 valence electrons. The van der Waals surface area contributed by atoms with Crippen molar-refractivity contribution in [3.05, 3.63) is 59.1 Å². The van der Waals surface area contributed by atoms with Gasteiger partial charge in [-0.2, -0.15) is 0 Å². The summed E-state index contributed by atoms with van der Waals surface area (Å²) in [7, 11) is -0.613. The highest BCUT2D eigenvalue weighted by Gasteiger charge is 2.18. The van der Waals surface area contributed by atoms with Gasteiger partial charge in [0, 0.05) is 31.4 Å². The molecule has 2 aromatic carbocycles. The van der Waals surface area contributed by atoms with Crippen LogP contribution < -0.4 is 5.32 Å². The fourth-order valence-electron chi connectivity index (χ4n) is 2.52. The minimum atomic E-state index is -3.55. The maximum absolute atomic E-state index is 12.4. The summed E-state index contributed by atoms with van der Waals surface area (Å²) in [6.45, 7) is 3.45. The molecule has 0 aliphatic carbocycles. The quantitative estimate of drug-likeness (QED) is 0.727. The zero-order valence-electron chi connectivity index (χ0n) is 15.6. The van der Waals surface area contributed by atoms with E-state index in [0.717, 1.165) is 9.87 Å². The van der Waals surface area contributed by atoms with Gasteiger partial charge in [-0.3, -0.25) is 9.69 Å². The molecular weight excluding hydrogens is 386 g/mol. The molecule has 0 spiro atoms. The maximum atomic E-state index is 12.4. The minimum Gasteiger partial charge on any atom is -0.325 e. The van der Waals surface area contributed by atoms with Gasteiger partial charge in [-0.1, -0.05) is 36.7 Å². The lowest BCUT2D eigenvalue weighted by atomic mass is 10.2. The number of rotatable bonds is 8. The number of hydrogen-bond donors (Lipinski definition) is 1. The van der Waals surface area contributed by atoms with Gasteiger partial charge in [-0.25, -0.2) is 12.7 Å². The number of hydrogen-bond acceptors (Lipinski definition) is 4. The topological polar surface area (TPSA) is 69.7 Å². The number of benzene rings is 2. The molecule has 0 saturated heterocycles. The molecule has 2 rings (SSSR count). The standard InChI is InChI=1S/C19H24ClN3O3S/c1-4-23(13-15-7-5-8-16(20)11-15)14-19(24)21-17-9-6-10-18(12-17)27(25,26)22(2)3/h5-12H,4,13-14H2,1-3H3,(H,21,24). The minimum absolute atomic E-state index is 0.136. The number of nitrogens with one attached hydrogen (secondary N) is 1. The maximum Gasteiger partial charge on any atom is 0.242 e. The Balaban J connectivity index is 2.04. The van der Waals surface area contributed by atoms with Crippen LogP contribution in [0.3, 0.4) is 0 Å². The van der Waals surface area contributed by atoms with Gasteiger partial charge >= 0.3 is 0 Å². The lowest BCUT2D eigenvalue weighted by Gasteiger charge is -2.20. The highest BCUT2D eigenvalue weighted by atomic mass is 35.5. The second-order valence-corrected chi connectivity index (χ2v) is 8.88. The molecule has 0 radical (unpaired) electrons. The summed E-state index contributed by atoms with van der Waals surface area (Å²) in [5.74, 6) is -0.210. The Labute approximate surface area is 165 Å². The Bertz CT molecular complexity index is 901.